The van der Waals surface area contributed by atoms with E-state index in [1.807, 2.05) is 4.90 Å². The van der Waals surface area contributed by atoms with Crippen molar-refractivity contribution >= 4 is 11.6 Å². The number of benzene rings is 1. The molecule has 2 aliphatic rings. The van der Waals surface area contributed by atoms with E-state index in [4.69, 9.17) is 5.73 Å². The largest absolute Gasteiger partial charge is 0.330 e. The number of aryl methyl sites for hydroxylation is 2. The molecule has 3 nitrogen and oxygen atoms in total. The monoisotopic (exact) mass is 272 g/mol. The van der Waals surface area contributed by atoms with Gasteiger partial charge in [0, 0.05) is 18.7 Å². The highest BCUT2D eigenvalue weighted by atomic mass is 16.2. The van der Waals surface area contributed by atoms with Crippen LogP contribution in [0.25, 0.3) is 0 Å². The Morgan fingerprint density at radius 1 is 1.35 bits per heavy atom. The molecule has 1 aromatic carbocycles. The molecule has 3 heteroatoms. The fourth-order valence-electron chi connectivity index (χ4n) is 3.53. The Kier molecular flexibility index (Phi) is 3.55. The van der Waals surface area contributed by atoms with Gasteiger partial charge in [0.2, 0.25) is 5.91 Å². The van der Waals surface area contributed by atoms with E-state index in [2.05, 4.69) is 25.1 Å². The third kappa shape index (κ3) is 2.35. The van der Waals surface area contributed by atoms with Crippen LogP contribution in [0.15, 0.2) is 18.2 Å². The van der Waals surface area contributed by atoms with Gasteiger partial charge < -0.3 is 10.6 Å². The number of hydrogen-bond donors (Lipinski definition) is 1. The van der Waals surface area contributed by atoms with Crippen LogP contribution < -0.4 is 10.6 Å². The number of rotatable bonds is 3. The quantitative estimate of drug-likeness (QED) is 0.919. The van der Waals surface area contributed by atoms with Crippen LogP contribution in [0.2, 0.25) is 0 Å². The molecule has 0 bridgehead atoms. The van der Waals surface area contributed by atoms with Crippen molar-refractivity contribution in [1.82, 2.24) is 0 Å². The lowest BCUT2D eigenvalue weighted by atomic mass is 9.66. The molecular weight excluding hydrogens is 248 g/mol. The second kappa shape index (κ2) is 5.21. The topological polar surface area (TPSA) is 46.3 Å². The number of anilines is 1. The highest BCUT2D eigenvalue weighted by Crippen LogP contribution is 2.44. The molecule has 1 heterocycles. The fourth-order valence-corrected chi connectivity index (χ4v) is 3.53. The standard InChI is InChI=1S/C17H24N2O/c1-13-5-6-15-14(10-13)4-2-9-19(15)16(20)11-17(12-18)7-3-8-17/h5-6,10H,2-4,7-9,11-12,18H2,1H3. The van der Waals surface area contributed by atoms with Gasteiger partial charge in [0.25, 0.3) is 0 Å². The van der Waals surface area contributed by atoms with Crippen LogP contribution in [-0.2, 0) is 11.2 Å². The Hall–Kier alpha value is -1.35. The Morgan fingerprint density at radius 2 is 2.15 bits per heavy atom. The Bertz CT molecular complexity index is 514. The van der Waals surface area contributed by atoms with Crippen molar-refractivity contribution in [3.8, 4) is 0 Å². The van der Waals surface area contributed by atoms with Crippen LogP contribution in [0.3, 0.4) is 0 Å². The second-order valence-electron chi connectivity index (χ2n) is 6.52. The molecule has 20 heavy (non-hydrogen) atoms. The van der Waals surface area contributed by atoms with Crippen molar-refractivity contribution in [2.24, 2.45) is 11.1 Å². The summed E-state index contributed by atoms with van der Waals surface area (Å²) in [7, 11) is 0. The van der Waals surface area contributed by atoms with Crippen LogP contribution in [0.1, 0.15) is 43.2 Å². The van der Waals surface area contributed by atoms with E-state index >= 15 is 0 Å². The normalized spacial score (nSPS) is 20.2. The highest BCUT2D eigenvalue weighted by Gasteiger charge is 2.39. The van der Waals surface area contributed by atoms with Gasteiger partial charge in [0.1, 0.15) is 0 Å². The van der Waals surface area contributed by atoms with Gasteiger partial charge in [-0.25, -0.2) is 0 Å². The van der Waals surface area contributed by atoms with E-state index in [-0.39, 0.29) is 11.3 Å². The average Bonchev–Trinajstić information content (AvgIpc) is 2.41. The van der Waals surface area contributed by atoms with Gasteiger partial charge in [-0.05, 0) is 56.2 Å². The van der Waals surface area contributed by atoms with Crippen molar-refractivity contribution in [3.05, 3.63) is 29.3 Å². The molecule has 0 unspecified atom stereocenters. The molecule has 2 N–H and O–H groups in total. The zero-order chi connectivity index (χ0) is 14.2. The van der Waals surface area contributed by atoms with Gasteiger partial charge in [0.15, 0.2) is 0 Å². The summed E-state index contributed by atoms with van der Waals surface area (Å²) in [6.45, 7) is 3.61. The molecule has 1 fully saturated rings. The van der Waals surface area contributed by atoms with Crippen molar-refractivity contribution < 1.29 is 4.79 Å². The first-order chi connectivity index (χ1) is 9.63. The van der Waals surface area contributed by atoms with E-state index in [9.17, 15) is 4.79 Å². The molecule has 1 aliphatic carbocycles. The number of carbonyl (C=O) groups excluding carboxylic acids is 1. The summed E-state index contributed by atoms with van der Waals surface area (Å²) in [6, 6.07) is 6.43. The summed E-state index contributed by atoms with van der Waals surface area (Å²) in [5, 5.41) is 0. The van der Waals surface area contributed by atoms with E-state index in [1.54, 1.807) is 0 Å². The number of carbonyl (C=O) groups is 1. The lowest BCUT2D eigenvalue weighted by Gasteiger charge is -2.42. The zero-order valence-electron chi connectivity index (χ0n) is 12.3. The van der Waals surface area contributed by atoms with Gasteiger partial charge in [0.05, 0.1) is 0 Å². The van der Waals surface area contributed by atoms with Crippen molar-refractivity contribution in [3.63, 3.8) is 0 Å². The van der Waals surface area contributed by atoms with E-state index in [0.717, 1.165) is 37.9 Å². The molecule has 0 saturated heterocycles. The van der Waals surface area contributed by atoms with Crippen molar-refractivity contribution in [2.45, 2.75) is 45.4 Å². The van der Waals surface area contributed by atoms with Gasteiger partial charge in [-0.1, -0.05) is 24.1 Å². The predicted octanol–water partition coefficient (Wildman–Crippen LogP) is 2.79. The highest BCUT2D eigenvalue weighted by molar-refractivity contribution is 5.95. The molecule has 3 rings (SSSR count). The minimum absolute atomic E-state index is 0.0966. The summed E-state index contributed by atoms with van der Waals surface area (Å²) < 4.78 is 0. The van der Waals surface area contributed by atoms with Crippen LogP contribution >= 0.6 is 0 Å². The Balaban J connectivity index is 1.80. The summed E-state index contributed by atoms with van der Waals surface area (Å²) in [4.78, 5) is 14.7. The first kappa shape index (κ1) is 13.6. The summed E-state index contributed by atoms with van der Waals surface area (Å²) in [5.74, 6) is 0.264. The molecule has 0 radical (unpaired) electrons. The minimum atomic E-state index is 0.0966. The SMILES string of the molecule is Cc1ccc2c(c1)CCCN2C(=O)CC1(CN)CCC1. The lowest BCUT2D eigenvalue weighted by Crippen LogP contribution is -2.44. The van der Waals surface area contributed by atoms with Crippen molar-refractivity contribution in [2.75, 3.05) is 18.0 Å². The molecular formula is C17H24N2O. The molecule has 1 aromatic rings. The summed E-state index contributed by atoms with van der Waals surface area (Å²) in [5.41, 5.74) is 9.70. The predicted molar refractivity (Wildman–Crippen MR) is 81.8 cm³/mol. The maximum Gasteiger partial charge on any atom is 0.227 e. The smallest absolute Gasteiger partial charge is 0.227 e. The third-order valence-corrected chi connectivity index (χ3v) is 5.03. The van der Waals surface area contributed by atoms with Crippen molar-refractivity contribution in [1.29, 1.82) is 0 Å². The van der Waals surface area contributed by atoms with Crippen LogP contribution in [0.5, 0.6) is 0 Å². The maximum absolute atomic E-state index is 12.7. The van der Waals surface area contributed by atoms with E-state index in [0.29, 0.717) is 13.0 Å². The number of nitrogens with zero attached hydrogens (tertiary/aromatic N) is 1. The molecule has 0 atom stereocenters. The molecule has 1 amide bonds. The first-order valence-corrected chi connectivity index (χ1v) is 7.74. The third-order valence-electron chi connectivity index (χ3n) is 5.03. The first-order valence-electron chi connectivity index (χ1n) is 7.74. The number of amides is 1. The Morgan fingerprint density at radius 3 is 2.80 bits per heavy atom. The van der Waals surface area contributed by atoms with Crippen LogP contribution in [0, 0.1) is 12.3 Å². The van der Waals surface area contributed by atoms with Gasteiger partial charge >= 0.3 is 0 Å². The number of nitrogens with two attached hydrogens (primary N) is 1. The summed E-state index contributed by atoms with van der Waals surface area (Å²) >= 11 is 0. The summed E-state index contributed by atoms with van der Waals surface area (Å²) in [6.07, 6.45) is 6.23. The van der Waals surface area contributed by atoms with E-state index < -0.39 is 0 Å². The molecule has 0 spiro atoms. The number of fused-ring (bicyclic) bond motifs is 1. The molecule has 108 valence electrons. The lowest BCUT2D eigenvalue weighted by molar-refractivity contribution is -0.122. The molecule has 0 aromatic heterocycles. The minimum Gasteiger partial charge on any atom is -0.330 e. The Labute approximate surface area is 121 Å². The molecule has 1 aliphatic heterocycles. The van der Waals surface area contributed by atoms with E-state index in [1.165, 1.54) is 17.5 Å². The van der Waals surface area contributed by atoms with Gasteiger partial charge in [-0.3, -0.25) is 4.79 Å². The zero-order valence-corrected chi connectivity index (χ0v) is 12.3. The van der Waals surface area contributed by atoms with Crippen LogP contribution in [-0.4, -0.2) is 19.0 Å². The number of hydrogen-bond acceptors (Lipinski definition) is 2. The second-order valence-corrected chi connectivity index (χ2v) is 6.52. The maximum atomic E-state index is 12.7. The van der Waals surface area contributed by atoms with Crippen LogP contribution in [0.4, 0.5) is 5.69 Å². The van der Waals surface area contributed by atoms with Gasteiger partial charge in [-0.15, -0.1) is 0 Å². The molecule has 1 saturated carbocycles. The van der Waals surface area contributed by atoms with Gasteiger partial charge in [-0.2, -0.15) is 0 Å². The fraction of sp³-hybridized carbons (Fsp3) is 0.588. The average molecular weight is 272 g/mol.